The zero-order chi connectivity index (χ0) is 14.2. The third-order valence-corrected chi connectivity index (χ3v) is 2.89. The fourth-order valence-corrected chi connectivity index (χ4v) is 1.85. The topological polar surface area (TPSA) is 34.9 Å². The predicted octanol–water partition coefficient (Wildman–Crippen LogP) is 3.67. The van der Waals surface area contributed by atoms with E-state index in [-0.39, 0.29) is 10.7 Å². The highest BCUT2D eigenvalue weighted by Crippen LogP contribution is 2.33. The van der Waals surface area contributed by atoms with Crippen molar-refractivity contribution in [2.75, 3.05) is 0 Å². The van der Waals surface area contributed by atoms with Crippen LogP contribution in [-0.4, -0.2) is 16.1 Å². The minimum Gasteiger partial charge on any atom is -0.298 e. The number of alkyl halides is 3. The third-order valence-electron chi connectivity index (χ3n) is 2.59. The van der Waals surface area contributed by atoms with Crippen LogP contribution in [0.2, 0.25) is 5.02 Å². The van der Waals surface area contributed by atoms with Crippen molar-refractivity contribution in [3.05, 3.63) is 46.2 Å². The quantitative estimate of drug-likeness (QED) is 0.790. The Kier molecular flexibility index (Phi) is 3.36. The van der Waals surface area contributed by atoms with Gasteiger partial charge in [0.05, 0.1) is 27.5 Å². The lowest BCUT2D eigenvalue weighted by Gasteiger charge is -2.09. The van der Waals surface area contributed by atoms with Crippen LogP contribution in [0.1, 0.15) is 21.6 Å². The summed E-state index contributed by atoms with van der Waals surface area (Å²) in [6.45, 7) is 1.62. The summed E-state index contributed by atoms with van der Waals surface area (Å²) in [7, 11) is 0. The number of aryl methyl sites for hydroxylation is 1. The van der Waals surface area contributed by atoms with Crippen LogP contribution in [0.25, 0.3) is 5.69 Å². The lowest BCUT2D eigenvalue weighted by atomic mass is 10.2. The molecule has 0 saturated heterocycles. The van der Waals surface area contributed by atoms with Gasteiger partial charge in [0.25, 0.3) is 0 Å². The summed E-state index contributed by atoms with van der Waals surface area (Å²) >= 11 is 5.83. The van der Waals surface area contributed by atoms with Gasteiger partial charge in [0.15, 0.2) is 6.29 Å². The summed E-state index contributed by atoms with van der Waals surface area (Å²) in [6, 6.07) is 2.96. The Morgan fingerprint density at radius 3 is 2.53 bits per heavy atom. The lowest BCUT2D eigenvalue weighted by Crippen LogP contribution is -2.06. The number of benzene rings is 1. The second-order valence-corrected chi connectivity index (χ2v) is 4.30. The summed E-state index contributed by atoms with van der Waals surface area (Å²) in [5, 5.41) is 3.94. The molecule has 0 aliphatic heterocycles. The maximum Gasteiger partial charge on any atom is 0.416 e. The predicted molar refractivity (Wildman–Crippen MR) is 63.7 cm³/mol. The summed E-state index contributed by atoms with van der Waals surface area (Å²) in [5.41, 5.74) is 0.286. The first-order valence-corrected chi connectivity index (χ1v) is 5.59. The monoisotopic (exact) mass is 288 g/mol. The molecule has 0 aliphatic carbocycles. The number of rotatable bonds is 2. The highest BCUT2D eigenvalue weighted by molar-refractivity contribution is 6.32. The van der Waals surface area contributed by atoms with Gasteiger partial charge in [-0.3, -0.25) is 4.79 Å². The number of carbonyl (C=O) groups is 1. The van der Waals surface area contributed by atoms with Crippen LogP contribution in [0.5, 0.6) is 0 Å². The van der Waals surface area contributed by atoms with Crippen LogP contribution in [0.4, 0.5) is 13.2 Å². The van der Waals surface area contributed by atoms with Crippen LogP contribution in [0.15, 0.2) is 24.4 Å². The molecule has 3 nitrogen and oxygen atoms in total. The van der Waals surface area contributed by atoms with Crippen molar-refractivity contribution >= 4 is 17.9 Å². The Labute approximate surface area is 111 Å². The Balaban J connectivity index is 2.49. The summed E-state index contributed by atoms with van der Waals surface area (Å²) in [4.78, 5) is 10.7. The largest absolute Gasteiger partial charge is 0.416 e. The molecule has 7 heteroatoms. The molecule has 0 aliphatic rings. The SMILES string of the molecule is Cc1nn(-c2ccc(C(F)(F)F)cc2Cl)cc1C=O. The van der Waals surface area contributed by atoms with Gasteiger partial charge < -0.3 is 0 Å². The van der Waals surface area contributed by atoms with Crippen LogP contribution >= 0.6 is 11.6 Å². The van der Waals surface area contributed by atoms with E-state index in [9.17, 15) is 18.0 Å². The minimum absolute atomic E-state index is 0.0882. The van der Waals surface area contributed by atoms with Gasteiger partial charge >= 0.3 is 6.18 Å². The molecule has 0 atom stereocenters. The van der Waals surface area contributed by atoms with Crippen LogP contribution in [0, 0.1) is 6.92 Å². The molecule has 1 aromatic carbocycles. The molecule has 2 aromatic rings. The van der Waals surface area contributed by atoms with E-state index in [1.165, 1.54) is 16.9 Å². The van der Waals surface area contributed by atoms with E-state index in [4.69, 9.17) is 11.6 Å². The van der Waals surface area contributed by atoms with Gasteiger partial charge in [-0.15, -0.1) is 0 Å². The molecule has 0 fully saturated rings. The second-order valence-electron chi connectivity index (χ2n) is 3.90. The third kappa shape index (κ3) is 2.63. The molecule has 0 N–H and O–H groups in total. The van der Waals surface area contributed by atoms with E-state index < -0.39 is 11.7 Å². The fraction of sp³-hybridized carbons (Fsp3) is 0.167. The van der Waals surface area contributed by atoms with Crippen LogP contribution in [-0.2, 0) is 6.18 Å². The van der Waals surface area contributed by atoms with Gasteiger partial charge in [0.1, 0.15) is 0 Å². The lowest BCUT2D eigenvalue weighted by molar-refractivity contribution is -0.137. The molecule has 0 amide bonds. The maximum atomic E-state index is 12.5. The molecule has 0 bridgehead atoms. The summed E-state index contributed by atoms with van der Waals surface area (Å²) in [5.74, 6) is 0. The molecule has 2 rings (SSSR count). The first-order chi connectivity index (χ1) is 8.82. The Morgan fingerprint density at radius 2 is 2.05 bits per heavy atom. The van der Waals surface area contributed by atoms with Gasteiger partial charge in [-0.25, -0.2) is 4.68 Å². The average Bonchev–Trinajstić information content (AvgIpc) is 2.69. The van der Waals surface area contributed by atoms with Crippen molar-refractivity contribution in [1.82, 2.24) is 9.78 Å². The van der Waals surface area contributed by atoms with Gasteiger partial charge in [0.2, 0.25) is 0 Å². The first kappa shape index (κ1) is 13.6. The molecule has 1 aromatic heterocycles. The summed E-state index contributed by atoms with van der Waals surface area (Å²) < 4.78 is 38.8. The molecule has 19 heavy (non-hydrogen) atoms. The highest BCUT2D eigenvalue weighted by Gasteiger charge is 2.31. The van der Waals surface area contributed by atoms with Crippen LogP contribution in [0.3, 0.4) is 0 Å². The molecule has 0 saturated carbocycles. The van der Waals surface area contributed by atoms with Gasteiger partial charge in [-0.2, -0.15) is 18.3 Å². The van der Waals surface area contributed by atoms with E-state index in [1.54, 1.807) is 6.92 Å². The van der Waals surface area contributed by atoms with E-state index in [1.807, 2.05) is 0 Å². The number of carbonyl (C=O) groups excluding carboxylic acids is 1. The molecule has 100 valence electrons. The van der Waals surface area contributed by atoms with Crippen molar-refractivity contribution in [3.8, 4) is 5.69 Å². The van der Waals surface area contributed by atoms with E-state index in [2.05, 4.69) is 5.10 Å². The van der Waals surface area contributed by atoms with Gasteiger partial charge in [-0.1, -0.05) is 11.6 Å². The fourth-order valence-electron chi connectivity index (χ4n) is 1.58. The normalized spacial score (nSPS) is 11.6. The minimum atomic E-state index is -4.45. The average molecular weight is 289 g/mol. The molecular formula is C12H8ClF3N2O. The standard InChI is InChI=1S/C12H8ClF3N2O/c1-7-8(6-19)5-18(17-7)11-3-2-9(4-10(11)13)12(14,15)16/h2-6H,1H3. The van der Waals surface area contributed by atoms with Crippen LogP contribution < -0.4 is 0 Å². The smallest absolute Gasteiger partial charge is 0.298 e. The molecule has 0 spiro atoms. The van der Waals surface area contributed by atoms with E-state index in [0.717, 1.165) is 12.1 Å². The number of aromatic nitrogens is 2. The van der Waals surface area contributed by atoms with E-state index >= 15 is 0 Å². The van der Waals surface area contributed by atoms with Crippen molar-refractivity contribution in [1.29, 1.82) is 0 Å². The molecular weight excluding hydrogens is 281 g/mol. The Morgan fingerprint density at radius 1 is 1.37 bits per heavy atom. The number of hydrogen-bond donors (Lipinski definition) is 0. The highest BCUT2D eigenvalue weighted by atomic mass is 35.5. The summed E-state index contributed by atoms with van der Waals surface area (Å²) in [6.07, 6.45) is -2.41. The van der Waals surface area contributed by atoms with Crippen molar-refractivity contribution in [2.24, 2.45) is 0 Å². The number of halogens is 4. The molecule has 0 unspecified atom stereocenters. The first-order valence-electron chi connectivity index (χ1n) is 5.21. The molecule has 0 radical (unpaired) electrons. The Bertz CT molecular complexity index is 634. The number of nitrogens with zero attached hydrogens (tertiary/aromatic N) is 2. The number of aldehydes is 1. The van der Waals surface area contributed by atoms with Gasteiger partial charge in [-0.05, 0) is 25.1 Å². The second kappa shape index (κ2) is 4.70. The molecule has 1 heterocycles. The zero-order valence-electron chi connectivity index (χ0n) is 9.70. The van der Waals surface area contributed by atoms with Gasteiger partial charge in [0, 0.05) is 6.20 Å². The Hall–Kier alpha value is -1.82. The zero-order valence-corrected chi connectivity index (χ0v) is 10.5. The maximum absolute atomic E-state index is 12.5. The van der Waals surface area contributed by atoms with Crippen molar-refractivity contribution < 1.29 is 18.0 Å². The van der Waals surface area contributed by atoms with Crippen molar-refractivity contribution in [3.63, 3.8) is 0 Å². The van der Waals surface area contributed by atoms with E-state index in [0.29, 0.717) is 17.5 Å². The number of hydrogen-bond acceptors (Lipinski definition) is 2. The van der Waals surface area contributed by atoms with Crippen molar-refractivity contribution in [2.45, 2.75) is 13.1 Å².